The summed E-state index contributed by atoms with van der Waals surface area (Å²) in [5.41, 5.74) is 3.78. The van der Waals surface area contributed by atoms with E-state index in [0.717, 1.165) is 56.8 Å². The van der Waals surface area contributed by atoms with Crippen molar-refractivity contribution < 1.29 is 14.6 Å². The summed E-state index contributed by atoms with van der Waals surface area (Å²) in [4.78, 5) is 25.9. The van der Waals surface area contributed by atoms with E-state index in [1.807, 2.05) is 11.1 Å². The fourth-order valence-electron chi connectivity index (χ4n) is 5.99. The summed E-state index contributed by atoms with van der Waals surface area (Å²) in [6.45, 7) is 6.49. The minimum absolute atomic E-state index is 0.00173. The number of benzene rings is 1. The monoisotopic (exact) mass is 477 g/mol. The number of pyridine rings is 1. The topological polar surface area (TPSA) is 72.4 Å². The van der Waals surface area contributed by atoms with Gasteiger partial charge in [-0.2, -0.15) is 0 Å². The molecule has 8 nitrogen and oxygen atoms in total. The number of hydrogen-bond donors (Lipinski definition) is 1. The molecule has 8 heteroatoms. The third-order valence-corrected chi connectivity index (χ3v) is 7.84. The van der Waals surface area contributed by atoms with Gasteiger partial charge in [-0.25, -0.2) is 9.78 Å². The average molecular weight is 478 g/mol. The quantitative estimate of drug-likeness (QED) is 0.659. The van der Waals surface area contributed by atoms with Crippen LogP contribution >= 0.6 is 0 Å². The van der Waals surface area contributed by atoms with Gasteiger partial charge in [0, 0.05) is 65.1 Å². The van der Waals surface area contributed by atoms with Crippen LogP contribution in [0.2, 0.25) is 0 Å². The minimum atomic E-state index is -0.547. The van der Waals surface area contributed by atoms with Crippen molar-refractivity contribution in [3.05, 3.63) is 59.3 Å². The summed E-state index contributed by atoms with van der Waals surface area (Å²) in [5, 5.41) is 10.7. The normalized spacial score (nSPS) is 25.3. The first kappa shape index (κ1) is 22.8. The molecule has 35 heavy (non-hydrogen) atoms. The zero-order chi connectivity index (χ0) is 23.8. The molecular formula is C27H35N5O3. The van der Waals surface area contributed by atoms with Gasteiger partial charge in [0.2, 0.25) is 0 Å². The molecule has 2 amide bonds. The van der Waals surface area contributed by atoms with Crippen molar-refractivity contribution in [1.29, 1.82) is 0 Å². The molecule has 4 aliphatic rings. The van der Waals surface area contributed by atoms with Crippen molar-refractivity contribution in [1.82, 2.24) is 19.7 Å². The number of ether oxygens (including phenoxy) is 1. The van der Waals surface area contributed by atoms with E-state index in [0.29, 0.717) is 44.9 Å². The Hall–Kier alpha value is -2.68. The van der Waals surface area contributed by atoms with E-state index >= 15 is 0 Å². The van der Waals surface area contributed by atoms with Crippen LogP contribution < -0.4 is 4.90 Å². The molecule has 2 unspecified atom stereocenters. The minimum Gasteiger partial charge on any atom is -0.390 e. The van der Waals surface area contributed by atoms with Gasteiger partial charge in [0.15, 0.2) is 0 Å². The Labute approximate surface area is 207 Å². The molecule has 0 saturated carbocycles. The van der Waals surface area contributed by atoms with Crippen molar-refractivity contribution >= 4 is 11.8 Å². The van der Waals surface area contributed by atoms with E-state index in [4.69, 9.17) is 4.74 Å². The van der Waals surface area contributed by atoms with Gasteiger partial charge in [-0.3, -0.25) is 4.90 Å². The SMILES string of the molecule is O=C1N(Cc2ccc(N3CC4CCC(C3)O4)nc2)CCN1C[C@H](O)CN1CCc2ccccc2C1. The third kappa shape index (κ3) is 5.01. The number of fused-ring (bicyclic) bond motifs is 3. The van der Waals surface area contributed by atoms with Gasteiger partial charge in [-0.1, -0.05) is 30.3 Å². The lowest BCUT2D eigenvalue weighted by Crippen LogP contribution is -2.43. The average Bonchev–Trinajstić information content (AvgIpc) is 3.39. The summed E-state index contributed by atoms with van der Waals surface area (Å²) < 4.78 is 5.93. The number of hydrogen-bond acceptors (Lipinski definition) is 6. The van der Waals surface area contributed by atoms with Crippen molar-refractivity contribution in [3.8, 4) is 0 Å². The Morgan fingerprint density at radius 1 is 0.971 bits per heavy atom. The summed E-state index contributed by atoms with van der Waals surface area (Å²) in [7, 11) is 0. The number of morpholine rings is 1. The highest BCUT2D eigenvalue weighted by Crippen LogP contribution is 2.29. The number of aliphatic hydroxyl groups excluding tert-OH is 1. The van der Waals surface area contributed by atoms with Crippen LogP contribution in [0.4, 0.5) is 10.6 Å². The smallest absolute Gasteiger partial charge is 0.320 e. The molecule has 3 fully saturated rings. The molecule has 2 aromatic rings. The maximum atomic E-state index is 13.0. The molecule has 1 aromatic carbocycles. The zero-order valence-electron chi connectivity index (χ0n) is 20.3. The molecule has 3 saturated heterocycles. The first-order valence-electron chi connectivity index (χ1n) is 13.0. The molecule has 0 radical (unpaired) electrons. The number of carbonyl (C=O) groups is 1. The lowest BCUT2D eigenvalue weighted by Gasteiger charge is -2.33. The number of β-amino-alcohol motifs (C(OH)–C–C–N with tert-alkyl or cyclic N) is 1. The summed E-state index contributed by atoms with van der Waals surface area (Å²) in [5.74, 6) is 0.992. The first-order chi connectivity index (χ1) is 17.1. The van der Waals surface area contributed by atoms with Gasteiger partial charge in [-0.15, -0.1) is 0 Å². The van der Waals surface area contributed by atoms with Crippen LogP contribution in [0.15, 0.2) is 42.6 Å². The Kier molecular flexibility index (Phi) is 6.35. The van der Waals surface area contributed by atoms with Crippen LogP contribution in [0.3, 0.4) is 0 Å². The molecule has 5 heterocycles. The largest absolute Gasteiger partial charge is 0.390 e. The molecule has 3 atom stereocenters. The van der Waals surface area contributed by atoms with Gasteiger partial charge in [0.1, 0.15) is 5.82 Å². The summed E-state index contributed by atoms with van der Waals surface area (Å²) in [6.07, 6.45) is 5.33. The number of rotatable bonds is 7. The van der Waals surface area contributed by atoms with Gasteiger partial charge in [0.25, 0.3) is 0 Å². The van der Waals surface area contributed by atoms with E-state index in [9.17, 15) is 9.90 Å². The Morgan fingerprint density at radius 3 is 2.51 bits per heavy atom. The molecule has 186 valence electrons. The second-order valence-corrected chi connectivity index (χ2v) is 10.4. The van der Waals surface area contributed by atoms with Gasteiger partial charge >= 0.3 is 6.03 Å². The Morgan fingerprint density at radius 2 is 1.74 bits per heavy atom. The van der Waals surface area contributed by atoms with Crippen LogP contribution in [0.5, 0.6) is 0 Å². The number of carbonyl (C=O) groups excluding carboxylic acids is 1. The second-order valence-electron chi connectivity index (χ2n) is 10.4. The van der Waals surface area contributed by atoms with E-state index in [-0.39, 0.29) is 6.03 Å². The van der Waals surface area contributed by atoms with Gasteiger partial charge in [0.05, 0.1) is 18.3 Å². The Balaban J connectivity index is 0.987. The summed E-state index contributed by atoms with van der Waals surface area (Å²) >= 11 is 0. The molecule has 1 N–H and O–H groups in total. The molecule has 1 aromatic heterocycles. The number of anilines is 1. The molecule has 0 aliphatic carbocycles. The van der Waals surface area contributed by atoms with Crippen molar-refractivity contribution in [3.63, 3.8) is 0 Å². The molecule has 0 spiro atoms. The van der Waals surface area contributed by atoms with Crippen LogP contribution in [-0.4, -0.2) is 94.9 Å². The standard InChI is InChI=1S/C27H35N5O3/c33-23(16-29-10-9-21-3-1-2-4-22(21)15-29)17-31-12-11-30(27(31)34)14-20-5-8-26(28-13-20)32-18-24-6-7-25(19-32)35-24/h1-5,8,13,23-25,33H,6-7,9-12,14-19H2/t23-,24?,25?/m1/s1. The van der Waals surface area contributed by atoms with E-state index < -0.39 is 6.10 Å². The molecule has 4 aliphatic heterocycles. The van der Waals surface area contributed by atoms with Crippen molar-refractivity contribution in [2.75, 3.05) is 50.7 Å². The van der Waals surface area contributed by atoms with E-state index in [2.05, 4.69) is 51.2 Å². The highest BCUT2D eigenvalue weighted by molar-refractivity contribution is 5.76. The molecular weight excluding hydrogens is 442 g/mol. The zero-order valence-corrected chi connectivity index (χ0v) is 20.3. The predicted molar refractivity (Wildman–Crippen MR) is 133 cm³/mol. The van der Waals surface area contributed by atoms with Crippen molar-refractivity contribution in [2.45, 2.75) is 50.7 Å². The number of urea groups is 1. The number of nitrogens with zero attached hydrogens (tertiary/aromatic N) is 5. The fraction of sp³-hybridized carbons (Fsp3) is 0.556. The highest BCUT2D eigenvalue weighted by atomic mass is 16.5. The number of aliphatic hydroxyl groups is 1. The van der Waals surface area contributed by atoms with E-state index in [1.165, 1.54) is 11.1 Å². The van der Waals surface area contributed by atoms with Crippen LogP contribution in [0.1, 0.15) is 29.5 Å². The Bertz CT molecular complexity index is 1040. The molecule has 6 rings (SSSR count). The maximum absolute atomic E-state index is 13.0. The maximum Gasteiger partial charge on any atom is 0.320 e. The third-order valence-electron chi connectivity index (χ3n) is 7.84. The summed E-state index contributed by atoms with van der Waals surface area (Å²) in [6, 6.07) is 12.7. The first-order valence-corrected chi connectivity index (χ1v) is 13.0. The van der Waals surface area contributed by atoms with Crippen LogP contribution in [-0.2, 0) is 24.2 Å². The van der Waals surface area contributed by atoms with Gasteiger partial charge < -0.3 is 24.5 Å². The fourth-order valence-corrected chi connectivity index (χ4v) is 5.99. The number of aromatic nitrogens is 1. The van der Waals surface area contributed by atoms with Gasteiger partial charge in [-0.05, 0) is 42.0 Å². The molecule has 2 bridgehead atoms. The van der Waals surface area contributed by atoms with Crippen LogP contribution in [0, 0.1) is 0 Å². The lowest BCUT2D eigenvalue weighted by molar-refractivity contribution is 0.0302. The second kappa shape index (κ2) is 9.76. The highest BCUT2D eigenvalue weighted by Gasteiger charge is 2.34. The lowest BCUT2D eigenvalue weighted by atomic mass is 10.00. The van der Waals surface area contributed by atoms with Crippen LogP contribution in [0.25, 0.3) is 0 Å². The van der Waals surface area contributed by atoms with E-state index in [1.54, 1.807) is 4.90 Å². The number of amides is 2. The predicted octanol–water partition coefficient (Wildman–Crippen LogP) is 2.11. The van der Waals surface area contributed by atoms with Crippen molar-refractivity contribution in [2.24, 2.45) is 0 Å².